The van der Waals surface area contributed by atoms with E-state index in [9.17, 15) is 4.79 Å². The van der Waals surface area contributed by atoms with Crippen molar-refractivity contribution in [2.75, 3.05) is 7.11 Å². The molecule has 2 rings (SSSR count). The molecule has 0 aliphatic heterocycles. The number of hydrogen-bond acceptors (Lipinski definition) is 4. The summed E-state index contributed by atoms with van der Waals surface area (Å²) in [4.78, 5) is 19.9. The number of aromatic nitrogens is 2. The van der Waals surface area contributed by atoms with Crippen LogP contribution in [-0.4, -0.2) is 22.9 Å². The zero-order valence-corrected chi connectivity index (χ0v) is 8.75. The van der Waals surface area contributed by atoms with Crippen LogP contribution < -0.4 is 4.74 Å². The topological polar surface area (TPSA) is 52.1 Å². The zero-order chi connectivity index (χ0) is 11.4. The van der Waals surface area contributed by atoms with Crippen LogP contribution in [0.2, 0.25) is 0 Å². The first-order valence-electron chi connectivity index (χ1n) is 4.76. The van der Waals surface area contributed by atoms with E-state index in [1.807, 2.05) is 0 Å². The van der Waals surface area contributed by atoms with Crippen LogP contribution >= 0.6 is 0 Å². The van der Waals surface area contributed by atoms with Crippen LogP contribution in [0.25, 0.3) is 0 Å². The Morgan fingerprint density at radius 2 is 2.19 bits per heavy atom. The van der Waals surface area contributed by atoms with Crippen LogP contribution in [0, 0.1) is 0 Å². The van der Waals surface area contributed by atoms with Gasteiger partial charge in [-0.15, -0.1) is 0 Å². The summed E-state index contributed by atoms with van der Waals surface area (Å²) < 4.78 is 5.01. The standard InChI is InChI=1S/C12H10N2O2/c1-16-10-6-9(7-13-8-10)12(15)11-4-2-3-5-14-11/h2-8H,1H3. The van der Waals surface area contributed by atoms with Gasteiger partial charge in [-0.3, -0.25) is 14.8 Å². The van der Waals surface area contributed by atoms with Gasteiger partial charge in [0, 0.05) is 18.0 Å². The summed E-state index contributed by atoms with van der Waals surface area (Å²) in [7, 11) is 1.53. The van der Waals surface area contributed by atoms with E-state index in [1.54, 1.807) is 36.7 Å². The summed E-state index contributed by atoms with van der Waals surface area (Å²) in [5.74, 6) is 0.397. The quantitative estimate of drug-likeness (QED) is 0.730. The average Bonchev–Trinajstić information content (AvgIpc) is 2.39. The fourth-order valence-electron chi connectivity index (χ4n) is 1.30. The molecule has 16 heavy (non-hydrogen) atoms. The highest BCUT2D eigenvalue weighted by molar-refractivity contribution is 6.07. The smallest absolute Gasteiger partial charge is 0.213 e. The Hall–Kier alpha value is -2.23. The molecule has 0 aromatic carbocycles. The first kappa shape index (κ1) is 10.3. The monoisotopic (exact) mass is 214 g/mol. The number of hydrogen-bond donors (Lipinski definition) is 0. The number of ether oxygens (including phenoxy) is 1. The number of carbonyl (C=O) groups excluding carboxylic acids is 1. The fraction of sp³-hybridized carbons (Fsp3) is 0.0833. The van der Waals surface area contributed by atoms with Crippen LogP contribution in [0.15, 0.2) is 42.9 Å². The van der Waals surface area contributed by atoms with Gasteiger partial charge in [-0.05, 0) is 18.2 Å². The molecule has 4 nitrogen and oxygen atoms in total. The Morgan fingerprint density at radius 3 is 2.88 bits per heavy atom. The van der Waals surface area contributed by atoms with E-state index in [4.69, 9.17) is 4.74 Å². The number of pyridine rings is 2. The van der Waals surface area contributed by atoms with Crippen molar-refractivity contribution in [3.63, 3.8) is 0 Å². The van der Waals surface area contributed by atoms with Gasteiger partial charge in [-0.2, -0.15) is 0 Å². The number of ketones is 1. The van der Waals surface area contributed by atoms with Gasteiger partial charge in [0.15, 0.2) is 0 Å². The summed E-state index contributed by atoms with van der Waals surface area (Å²) in [6.07, 6.45) is 4.63. The predicted molar refractivity (Wildman–Crippen MR) is 58.5 cm³/mol. The molecule has 0 aliphatic rings. The van der Waals surface area contributed by atoms with Gasteiger partial charge in [0.2, 0.25) is 5.78 Å². The molecule has 0 saturated heterocycles. The molecule has 0 N–H and O–H groups in total. The van der Waals surface area contributed by atoms with Crippen molar-refractivity contribution < 1.29 is 9.53 Å². The normalized spacial score (nSPS) is 9.81. The third-order valence-electron chi connectivity index (χ3n) is 2.11. The van der Waals surface area contributed by atoms with Crippen molar-refractivity contribution >= 4 is 5.78 Å². The summed E-state index contributed by atoms with van der Waals surface area (Å²) in [5.41, 5.74) is 0.871. The highest BCUT2D eigenvalue weighted by Gasteiger charge is 2.10. The second-order valence-corrected chi connectivity index (χ2v) is 3.16. The van der Waals surface area contributed by atoms with Gasteiger partial charge < -0.3 is 4.74 Å². The van der Waals surface area contributed by atoms with Crippen LogP contribution in [0.1, 0.15) is 16.1 Å². The summed E-state index contributed by atoms with van der Waals surface area (Å²) >= 11 is 0. The molecule has 0 aliphatic carbocycles. The molecule has 0 spiro atoms. The maximum Gasteiger partial charge on any atom is 0.213 e. The van der Waals surface area contributed by atoms with Crippen molar-refractivity contribution in [3.8, 4) is 5.75 Å². The van der Waals surface area contributed by atoms with Gasteiger partial charge in [0.05, 0.1) is 13.3 Å². The minimum atomic E-state index is -0.160. The van der Waals surface area contributed by atoms with E-state index >= 15 is 0 Å². The molecule has 2 aromatic rings. The average molecular weight is 214 g/mol. The minimum Gasteiger partial charge on any atom is -0.495 e. The highest BCUT2D eigenvalue weighted by Crippen LogP contribution is 2.13. The second kappa shape index (κ2) is 4.53. The molecule has 4 heteroatoms. The molecule has 0 unspecified atom stereocenters. The lowest BCUT2D eigenvalue weighted by Crippen LogP contribution is -2.04. The largest absolute Gasteiger partial charge is 0.495 e. The molecular formula is C12H10N2O2. The SMILES string of the molecule is COc1cncc(C(=O)c2ccccn2)c1. The molecule has 0 fully saturated rings. The van der Waals surface area contributed by atoms with Gasteiger partial charge in [-0.1, -0.05) is 6.07 Å². The molecule has 2 aromatic heterocycles. The van der Waals surface area contributed by atoms with Gasteiger partial charge in [0.1, 0.15) is 11.4 Å². The van der Waals surface area contributed by atoms with Gasteiger partial charge >= 0.3 is 0 Å². The third kappa shape index (κ3) is 2.06. The minimum absolute atomic E-state index is 0.160. The Balaban J connectivity index is 2.34. The molecule has 0 saturated carbocycles. The van der Waals surface area contributed by atoms with Crippen molar-refractivity contribution in [2.24, 2.45) is 0 Å². The lowest BCUT2D eigenvalue weighted by atomic mass is 10.1. The van der Waals surface area contributed by atoms with E-state index < -0.39 is 0 Å². The molecular weight excluding hydrogens is 204 g/mol. The summed E-state index contributed by atoms with van der Waals surface area (Å²) in [5, 5.41) is 0. The fourth-order valence-corrected chi connectivity index (χ4v) is 1.30. The van der Waals surface area contributed by atoms with Gasteiger partial charge in [0.25, 0.3) is 0 Å². The summed E-state index contributed by atoms with van der Waals surface area (Å²) in [6.45, 7) is 0. The molecule has 0 radical (unpaired) electrons. The van der Waals surface area contributed by atoms with Crippen LogP contribution in [-0.2, 0) is 0 Å². The number of rotatable bonds is 3. The second-order valence-electron chi connectivity index (χ2n) is 3.16. The van der Waals surface area contributed by atoms with Crippen LogP contribution in [0.3, 0.4) is 0 Å². The Labute approximate surface area is 92.9 Å². The van der Waals surface area contributed by atoms with E-state index in [0.717, 1.165) is 0 Å². The van der Waals surface area contributed by atoms with Crippen LogP contribution in [0.4, 0.5) is 0 Å². The Bertz CT molecular complexity index is 497. The number of carbonyl (C=O) groups is 1. The van der Waals surface area contributed by atoms with E-state index in [1.165, 1.54) is 13.3 Å². The maximum atomic E-state index is 12.0. The van der Waals surface area contributed by atoms with E-state index in [0.29, 0.717) is 17.0 Å². The van der Waals surface area contributed by atoms with Crippen molar-refractivity contribution in [3.05, 3.63) is 54.1 Å². The molecule has 0 atom stereocenters. The molecule has 2 heterocycles. The Kier molecular flexibility index (Phi) is 2.91. The molecule has 0 amide bonds. The third-order valence-corrected chi connectivity index (χ3v) is 2.11. The van der Waals surface area contributed by atoms with Crippen LogP contribution in [0.5, 0.6) is 5.75 Å². The first-order valence-corrected chi connectivity index (χ1v) is 4.76. The molecule has 0 bridgehead atoms. The zero-order valence-electron chi connectivity index (χ0n) is 8.75. The van der Waals surface area contributed by atoms with E-state index in [2.05, 4.69) is 9.97 Å². The van der Waals surface area contributed by atoms with Crippen molar-refractivity contribution in [2.45, 2.75) is 0 Å². The molecule has 80 valence electrons. The van der Waals surface area contributed by atoms with Gasteiger partial charge in [-0.25, -0.2) is 0 Å². The maximum absolute atomic E-state index is 12.0. The lowest BCUT2D eigenvalue weighted by Gasteiger charge is -2.02. The Morgan fingerprint density at radius 1 is 1.31 bits per heavy atom. The highest BCUT2D eigenvalue weighted by atomic mass is 16.5. The summed E-state index contributed by atoms with van der Waals surface area (Å²) in [6, 6.07) is 6.85. The number of nitrogens with zero attached hydrogens (tertiary/aromatic N) is 2. The number of methoxy groups -OCH3 is 1. The first-order chi connectivity index (χ1) is 7.81. The lowest BCUT2D eigenvalue weighted by molar-refractivity contribution is 0.103. The van der Waals surface area contributed by atoms with E-state index in [-0.39, 0.29) is 5.78 Å². The predicted octanol–water partition coefficient (Wildman–Crippen LogP) is 1.72. The van der Waals surface area contributed by atoms with Crippen molar-refractivity contribution in [1.82, 2.24) is 9.97 Å². The van der Waals surface area contributed by atoms with Crippen molar-refractivity contribution in [1.29, 1.82) is 0 Å².